The molecule has 0 bridgehead atoms. The summed E-state index contributed by atoms with van der Waals surface area (Å²) >= 11 is 0. The molecule has 3 heteroatoms. The van der Waals surface area contributed by atoms with E-state index in [1.165, 1.54) is 0 Å². The van der Waals surface area contributed by atoms with Crippen molar-refractivity contribution in [3.8, 4) is 0 Å². The Morgan fingerprint density at radius 2 is 1.83 bits per heavy atom. The van der Waals surface area contributed by atoms with Crippen LogP contribution in [0.3, 0.4) is 0 Å². The maximum atomic E-state index is 3.79. The van der Waals surface area contributed by atoms with Crippen LogP contribution in [-0.2, 0) is 0 Å². The zero-order chi connectivity index (χ0) is 9.56. The van der Waals surface area contributed by atoms with Gasteiger partial charge in [-0.05, 0) is 25.9 Å². The monoisotopic (exact) mass is 165 g/mol. The van der Waals surface area contributed by atoms with E-state index in [9.17, 15) is 0 Å². The van der Waals surface area contributed by atoms with Gasteiger partial charge in [0, 0.05) is 6.20 Å². The van der Waals surface area contributed by atoms with Gasteiger partial charge in [0.15, 0.2) is 5.82 Å². The van der Waals surface area contributed by atoms with Crippen LogP contribution in [0, 0.1) is 6.92 Å². The van der Waals surface area contributed by atoms with E-state index < -0.39 is 0 Å². The quantitative estimate of drug-likeness (QED) is 0.654. The Bertz CT molecular complexity index is 261. The first-order chi connectivity index (χ1) is 5.79. The van der Waals surface area contributed by atoms with Crippen LogP contribution in [0.5, 0.6) is 0 Å². The zero-order valence-corrected chi connectivity index (χ0v) is 7.89. The molecule has 0 unspecified atom stereocenters. The molecule has 0 atom stereocenters. The molecule has 1 heterocycles. The van der Waals surface area contributed by atoms with Gasteiger partial charge in [0.1, 0.15) is 5.69 Å². The van der Waals surface area contributed by atoms with Gasteiger partial charge in [-0.3, -0.25) is 4.99 Å². The van der Waals surface area contributed by atoms with E-state index in [4.69, 9.17) is 0 Å². The second-order valence-corrected chi connectivity index (χ2v) is 1.99. The van der Waals surface area contributed by atoms with Gasteiger partial charge in [-0.15, -0.1) is 0 Å². The van der Waals surface area contributed by atoms with Gasteiger partial charge in [-0.1, -0.05) is 13.8 Å². The summed E-state index contributed by atoms with van der Waals surface area (Å²) in [5, 5.41) is 0. The smallest absolute Gasteiger partial charge is 0.155 e. The van der Waals surface area contributed by atoms with Crippen molar-refractivity contribution in [2.24, 2.45) is 9.98 Å². The van der Waals surface area contributed by atoms with Gasteiger partial charge < -0.3 is 4.98 Å². The van der Waals surface area contributed by atoms with Crippen molar-refractivity contribution in [2.75, 3.05) is 0 Å². The fraction of sp³-hybridized carbons (Fsp3) is 0.333. The number of H-pyrrole nitrogens is 1. The number of hydrogen-bond donors (Lipinski definition) is 1. The first-order valence-electron chi connectivity index (χ1n) is 3.91. The van der Waals surface area contributed by atoms with Crippen molar-refractivity contribution in [1.82, 2.24) is 4.98 Å². The average Bonchev–Trinajstić information content (AvgIpc) is 2.49. The second kappa shape index (κ2) is 5.29. The van der Waals surface area contributed by atoms with Crippen LogP contribution in [0.2, 0.25) is 0 Å². The molecule has 1 N–H and O–H groups in total. The zero-order valence-electron chi connectivity index (χ0n) is 7.89. The number of aliphatic imine (C=N–C) groups is 2. The lowest BCUT2D eigenvalue weighted by molar-refractivity contribution is 1.34. The molecule has 0 radical (unpaired) electrons. The summed E-state index contributed by atoms with van der Waals surface area (Å²) in [5.41, 5.74) is 1.83. The number of nitrogens with one attached hydrogen (secondary N) is 1. The minimum Gasteiger partial charge on any atom is -0.345 e. The van der Waals surface area contributed by atoms with E-state index in [0.717, 1.165) is 11.3 Å². The molecule has 0 aliphatic rings. The number of aromatic amines is 1. The molecule has 1 aromatic rings. The molecule has 3 nitrogen and oxygen atoms in total. The third-order valence-electron chi connectivity index (χ3n) is 1.34. The van der Waals surface area contributed by atoms with Crippen LogP contribution >= 0.6 is 0 Å². The van der Waals surface area contributed by atoms with E-state index >= 15 is 0 Å². The summed E-state index contributed by atoms with van der Waals surface area (Å²) in [6, 6.07) is 0. The first-order valence-corrected chi connectivity index (χ1v) is 3.91. The van der Waals surface area contributed by atoms with Crippen molar-refractivity contribution in [3.63, 3.8) is 0 Å². The molecule has 0 amide bonds. The molecule has 1 rings (SSSR count). The van der Waals surface area contributed by atoms with Crippen molar-refractivity contribution < 1.29 is 0 Å². The number of nitrogens with zero attached hydrogens (tertiary/aromatic N) is 2. The summed E-state index contributed by atoms with van der Waals surface area (Å²) in [4.78, 5) is 10.4. The Morgan fingerprint density at radius 3 is 2.17 bits per heavy atom. The number of rotatable bonds is 2. The second-order valence-electron chi connectivity index (χ2n) is 1.99. The molecule has 0 fully saturated rings. The van der Waals surface area contributed by atoms with E-state index in [1.54, 1.807) is 0 Å². The van der Waals surface area contributed by atoms with Crippen LogP contribution in [-0.4, -0.2) is 18.4 Å². The number of aryl methyl sites for hydroxylation is 1. The Labute approximate surface area is 73.3 Å². The molecule has 1 aromatic heterocycles. The highest BCUT2D eigenvalue weighted by molar-refractivity contribution is 5.67. The van der Waals surface area contributed by atoms with E-state index in [0.29, 0.717) is 5.82 Å². The average molecular weight is 165 g/mol. The normalized spacial score (nSPS) is 8.25. The maximum Gasteiger partial charge on any atom is 0.155 e. The standard InChI is InChI=1S/C7H9N3.C2H6/c1-5-4-10-7(9-3)6(5)8-2;1-2/h4,10H,2-3H2,1H3;1-2H3. The van der Waals surface area contributed by atoms with Crippen molar-refractivity contribution in [3.05, 3.63) is 11.8 Å². The van der Waals surface area contributed by atoms with E-state index in [-0.39, 0.29) is 0 Å². The first kappa shape index (κ1) is 10.6. The molecule has 0 aromatic carbocycles. The summed E-state index contributed by atoms with van der Waals surface area (Å²) < 4.78 is 0. The van der Waals surface area contributed by atoms with Crippen LogP contribution in [0.4, 0.5) is 11.5 Å². The van der Waals surface area contributed by atoms with Crippen LogP contribution in [0.15, 0.2) is 16.2 Å². The predicted molar refractivity (Wildman–Crippen MR) is 55.3 cm³/mol. The predicted octanol–water partition coefficient (Wildman–Crippen LogP) is 3.01. The third-order valence-corrected chi connectivity index (χ3v) is 1.34. The van der Waals surface area contributed by atoms with Gasteiger partial charge in [0.05, 0.1) is 0 Å². The molecular formula is C9H15N3. The summed E-state index contributed by atoms with van der Waals surface area (Å²) in [7, 11) is 0. The van der Waals surface area contributed by atoms with Crippen LogP contribution in [0.1, 0.15) is 19.4 Å². The molecular weight excluding hydrogens is 150 g/mol. The number of aromatic nitrogens is 1. The number of hydrogen-bond acceptors (Lipinski definition) is 2. The maximum absolute atomic E-state index is 3.79. The molecule has 0 spiro atoms. The Balaban J connectivity index is 0.000000561. The summed E-state index contributed by atoms with van der Waals surface area (Å²) in [6.07, 6.45) is 1.83. The Hall–Kier alpha value is -1.38. The van der Waals surface area contributed by atoms with Crippen LogP contribution < -0.4 is 0 Å². The highest BCUT2D eigenvalue weighted by Gasteiger charge is 2.02. The minimum atomic E-state index is 0.688. The summed E-state index contributed by atoms with van der Waals surface area (Å²) in [6.45, 7) is 12.7. The lowest BCUT2D eigenvalue weighted by atomic mass is 10.3. The lowest BCUT2D eigenvalue weighted by Crippen LogP contribution is -1.61. The minimum absolute atomic E-state index is 0.688. The molecule has 0 saturated carbocycles. The summed E-state index contributed by atoms with van der Waals surface area (Å²) in [5.74, 6) is 0.688. The highest BCUT2D eigenvalue weighted by atomic mass is 14.9. The van der Waals surface area contributed by atoms with E-state index in [1.807, 2.05) is 27.0 Å². The van der Waals surface area contributed by atoms with Gasteiger partial charge in [-0.2, -0.15) is 0 Å². The molecule has 0 saturated heterocycles. The van der Waals surface area contributed by atoms with Gasteiger partial charge in [0.2, 0.25) is 0 Å². The van der Waals surface area contributed by atoms with Gasteiger partial charge in [-0.25, -0.2) is 4.99 Å². The molecule has 66 valence electrons. The third kappa shape index (κ3) is 2.05. The van der Waals surface area contributed by atoms with Crippen molar-refractivity contribution in [2.45, 2.75) is 20.8 Å². The Kier molecular flexibility index (Phi) is 4.69. The fourth-order valence-electron chi connectivity index (χ4n) is 0.820. The van der Waals surface area contributed by atoms with E-state index in [2.05, 4.69) is 28.4 Å². The Morgan fingerprint density at radius 1 is 1.25 bits per heavy atom. The highest BCUT2D eigenvalue weighted by Crippen LogP contribution is 2.28. The van der Waals surface area contributed by atoms with Crippen molar-refractivity contribution in [1.29, 1.82) is 0 Å². The van der Waals surface area contributed by atoms with Crippen molar-refractivity contribution >= 4 is 24.9 Å². The largest absolute Gasteiger partial charge is 0.345 e. The van der Waals surface area contributed by atoms with Crippen LogP contribution in [0.25, 0.3) is 0 Å². The van der Waals surface area contributed by atoms with Gasteiger partial charge in [0.25, 0.3) is 0 Å². The SMILES string of the molecule is C=Nc1[nH]cc(C)c1N=C.CC. The molecule has 12 heavy (non-hydrogen) atoms. The molecule has 0 aliphatic carbocycles. The van der Waals surface area contributed by atoms with Gasteiger partial charge >= 0.3 is 0 Å². The topological polar surface area (TPSA) is 40.5 Å². The molecule has 0 aliphatic heterocycles. The fourth-order valence-corrected chi connectivity index (χ4v) is 0.820. The lowest BCUT2D eigenvalue weighted by Gasteiger charge is -1.89.